The van der Waals surface area contributed by atoms with Gasteiger partial charge >= 0.3 is 0 Å². The molecule has 2 unspecified atom stereocenters. The molecule has 6 heteroatoms. The maximum atomic E-state index is 13.0. The lowest BCUT2D eigenvalue weighted by molar-refractivity contribution is -0.136. The van der Waals surface area contributed by atoms with Crippen molar-refractivity contribution in [2.24, 2.45) is 34.5 Å². The third-order valence-corrected chi connectivity index (χ3v) is 10.1. The number of nitriles is 1. The maximum Gasteiger partial charge on any atom is 0.226 e. The molecule has 1 aromatic heterocycles. The first kappa shape index (κ1) is 23.1. The summed E-state index contributed by atoms with van der Waals surface area (Å²) in [6, 6.07) is 5.50. The van der Waals surface area contributed by atoms with Crippen molar-refractivity contribution >= 4 is 17.6 Å². The molecule has 34 heavy (non-hydrogen) atoms. The van der Waals surface area contributed by atoms with Gasteiger partial charge in [-0.1, -0.05) is 19.4 Å². The molecule has 1 saturated heterocycles. The number of nitrogens with one attached hydrogen (secondary N) is 1. The molecule has 180 valence electrons. The second kappa shape index (κ2) is 8.22. The van der Waals surface area contributed by atoms with Crippen LogP contribution in [0.2, 0.25) is 0 Å². The third-order valence-electron chi connectivity index (χ3n) is 10.1. The lowest BCUT2D eigenvalue weighted by Gasteiger charge is -2.59. The molecule has 4 aliphatic rings. The number of rotatable bonds is 3. The van der Waals surface area contributed by atoms with E-state index in [1.165, 1.54) is 24.1 Å². The highest BCUT2D eigenvalue weighted by Gasteiger charge is 2.60. The predicted octanol–water partition coefficient (Wildman–Crippen LogP) is 5.28. The van der Waals surface area contributed by atoms with Gasteiger partial charge in [-0.25, -0.2) is 4.98 Å². The van der Waals surface area contributed by atoms with Crippen molar-refractivity contribution in [2.45, 2.75) is 72.1 Å². The van der Waals surface area contributed by atoms with Gasteiger partial charge in [-0.2, -0.15) is 5.26 Å². The summed E-state index contributed by atoms with van der Waals surface area (Å²) >= 11 is 0. The normalized spacial score (nSPS) is 36.9. The fourth-order valence-electron chi connectivity index (χ4n) is 8.55. The molecule has 0 radical (unpaired) electrons. The van der Waals surface area contributed by atoms with Crippen LogP contribution in [0.1, 0.15) is 77.7 Å². The van der Waals surface area contributed by atoms with Crippen LogP contribution in [-0.4, -0.2) is 28.7 Å². The van der Waals surface area contributed by atoms with E-state index in [1.807, 2.05) is 11.9 Å². The van der Waals surface area contributed by atoms with Gasteiger partial charge in [0, 0.05) is 37.2 Å². The monoisotopic (exact) mass is 460 g/mol. The third kappa shape index (κ3) is 3.39. The highest BCUT2D eigenvalue weighted by atomic mass is 16.2. The van der Waals surface area contributed by atoms with Gasteiger partial charge in [-0.15, -0.1) is 0 Å². The Morgan fingerprint density at radius 3 is 2.82 bits per heavy atom. The van der Waals surface area contributed by atoms with Crippen LogP contribution in [0.25, 0.3) is 0 Å². The van der Waals surface area contributed by atoms with E-state index in [-0.39, 0.29) is 22.6 Å². The number of allylic oxidation sites excluding steroid dienone is 2. The number of piperidine rings is 1. The van der Waals surface area contributed by atoms with E-state index in [4.69, 9.17) is 0 Å². The van der Waals surface area contributed by atoms with Crippen LogP contribution in [0.3, 0.4) is 0 Å². The number of aromatic nitrogens is 1. The molecule has 6 atom stereocenters. The van der Waals surface area contributed by atoms with Gasteiger partial charge in [0.25, 0.3) is 0 Å². The Morgan fingerprint density at radius 1 is 1.26 bits per heavy atom. The highest BCUT2D eigenvalue weighted by Crippen LogP contribution is 2.67. The lowest BCUT2D eigenvalue weighted by atomic mass is 9.48. The molecule has 5 rings (SSSR count). The summed E-state index contributed by atoms with van der Waals surface area (Å²) in [6.45, 7) is 7.08. The number of fused-ring (bicyclic) bond motifs is 5. The molecule has 0 bridgehead atoms. The van der Waals surface area contributed by atoms with Crippen LogP contribution in [0.4, 0.5) is 5.82 Å². The number of hydrogen-bond acceptors (Lipinski definition) is 4. The van der Waals surface area contributed by atoms with Crippen LogP contribution >= 0.6 is 0 Å². The molecule has 1 N–H and O–H groups in total. The zero-order valence-electron chi connectivity index (χ0n) is 20.9. The summed E-state index contributed by atoms with van der Waals surface area (Å²) in [5, 5.41) is 12.2. The molecule has 2 saturated carbocycles. The van der Waals surface area contributed by atoms with E-state index in [1.54, 1.807) is 18.3 Å². The van der Waals surface area contributed by atoms with Crippen molar-refractivity contribution in [2.75, 3.05) is 12.4 Å². The second-order valence-electron chi connectivity index (χ2n) is 11.7. The van der Waals surface area contributed by atoms with Crippen molar-refractivity contribution in [1.82, 2.24) is 9.88 Å². The van der Waals surface area contributed by atoms with E-state index in [9.17, 15) is 14.9 Å². The van der Waals surface area contributed by atoms with Crippen LogP contribution < -0.4 is 5.32 Å². The number of hydrogen-bond donors (Lipinski definition) is 1. The SMILES string of the molecule is CC1=C2N(C)C(=O)CC[C@]2(C)C2CC[C@]3(C)[C@@H](CC(=O)Nc4ncccc4C#N)CC[C@H]3C2C1. The average molecular weight is 461 g/mol. The predicted molar refractivity (Wildman–Crippen MR) is 130 cm³/mol. The van der Waals surface area contributed by atoms with Crippen molar-refractivity contribution in [3.63, 3.8) is 0 Å². The van der Waals surface area contributed by atoms with Gasteiger partial charge < -0.3 is 10.2 Å². The van der Waals surface area contributed by atoms with E-state index in [0.717, 1.165) is 25.7 Å². The van der Waals surface area contributed by atoms with Crippen molar-refractivity contribution in [3.05, 3.63) is 35.2 Å². The molecule has 2 heterocycles. The Morgan fingerprint density at radius 2 is 2.06 bits per heavy atom. The minimum absolute atomic E-state index is 0.0365. The first-order chi connectivity index (χ1) is 16.2. The van der Waals surface area contributed by atoms with Crippen molar-refractivity contribution in [1.29, 1.82) is 5.26 Å². The zero-order valence-corrected chi connectivity index (χ0v) is 20.9. The van der Waals surface area contributed by atoms with Gasteiger partial charge in [-0.3, -0.25) is 9.59 Å². The number of likely N-dealkylation sites (tertiary alicyclic amines) is 1. The topological polar surface area (TPSA) is 86.1 Å². The van der Waals surface area contributed by atoms with Crippen LogP contribution in [0, 0.1) is 45.8 Å². The average Bonchev–Trinajstić information content (AvgIpc) is 3.13. The summed E-state index contributed by atoms with van der Waals surface area (Å²) in [4.78, 5) is 31.6. The van der Waals surface area contributed by atoms with E-state index >= 15 is 0 Å². The van der Waals surface area contributed by atoms with Crippen LogP contribution in [0.15, 0.2) is 29.6 Å². The highest BCUT2D eigenvalue weighted by molar-refractivity contribution is 5.91. The molecular weight excluding hydrogens is 424 g/mol. The molecule has 0 spiro atoms. The number of amides is 2. The Hall–Kier alpha value is -2.68. The molecule has 6 nitrogen and oxygen atoms in total. The summed E-state index contributed by atoms with van der Waals surface area (Å²) in [7, 11) is 1.97. The summed E-state index contributed by atoms with van der Waals surface area (Å²) in [5.74, 6) is 2.78. The van der Waals surface area contributed by atoms with Crippen LogP contribution in [0.5, 0.6) is 0 Å². The van der Waals surface area contributed by atoms with E-state index < -0.39 is 0 Å². The first-order valence-corrected chi connectivity index (χ1v) is 12.8. The van der Waals surface area contributed by atoms with Crippen molar-refractivity contribution < 1.29 is 9.59 Å². The van der Waals surface area contributed by atoms with Gasteiger partial charge in [0.1, 0.15) is 11.9 Å². The van der Waals surface area contributed by atoms with Crippen molar-refractivity contribution in [3.8, 4) is 6.07 Å². The van der Waals surface area contributed by atoms with E-state index in [0.29, 0.717) is 47.9 Å². The Bertz CT molecular complexity index is 1100. The minimum atomic E-state index is -0.0365. The zero-order chi connectivity index (χ0) is 24.3. The first-order valence-electron chi connectivity index (χ1n) is 12.8. The quantitative estimate of drug-likeness (QED) is 0.665. The molecule has 0 aromatic carbocycles. The standard InChI is InChI=1S/C28H36N4O2/c1-17-14-20-21-8-7-19(15-23(33)31-26-18(16-29)6-5-13-30-26)27(21,2)11-9-22(20)28(3)12-10-24(34)32(4)25(17)28/h5-6,13,19-22H,7-12,14-15H2,1-4H3,(H,30,31,33)/t19-,20?,21+,22?,27-,28-/m1/s1. The minimum Gasteiger partial charge on any atom is -0.319 e. The van der Waals surface area contributed by atoms with E-state index in [2.05, 4.69) is 37.1 Å². The Kier molecular flexibility index (Phi) is 5.58. The fourth-order valence-corrected chi connectivity index (χ4v) is 8.55. The number of nitrogens with zero attached hydrogens (tertiary/aromatic N) is 3. The fraction of sp³-hybridized carbons (Fsp3) is 0.643. The van der Waals surface area contributed by atoms with Gasteiger partial charge in [-0.05, 0) is 86.7 Å². The molecule has 3 aliphatic carbocycles. The number of carbonyl (C=O) groups is 2. The second-order valence-corrected chi connectivity index (χ2v) is 11.7. The molecule has 1 aromatic rings. The number of carbonyl (C=O) groups excluding carboxylic acids is 2. The Labute approximate surface area is 202 Å². The van der Waals surface area contributed by atoms with Crippen LogP contribution in [-0.2, 0) is 9.59 Å². The molecular formula is C28H36N4O2. The maximum absolute atomic E-state index is 13.0. The summed E-state index contributed by atoms with van der Waals surface area (Å²) in [5.41, 5.74) is 3.33. The summed E-state index contributed by atoms with van der Waals surface area (Å²) < 4.78 is 0. The smallest absolute Gasteiger partial charge is 0.226 e. The molecule has 2 amide bonds. The van der Waals surface area contributed by atoms with Gasteiger partial charge in [0.05, 0.1) is 5.56 Å². The summed E-state index contributed by atoms with van der Waals surface area (Å²) in [6.07, 6.45) is 9.35. The number of pyridine rings is 1. The Balaban J connectivity index is 1.35. The van der Waals surface area contributed by atoms with Gasteiger partial charge in [0.2, 0.25) is 11.8 Å². The lowest BCUT2D eigenvalue weighted by Crippen LogP contribution is -2.54. The number of anilines is 1. The molecule has 3 fully saturated rings. The van der Waals surface area contributed by atoms with Gasteiger partial charge in [0.15, 0.2) is 0 Å². The molecule has 1 aliphatic heterocycles. The largest absolute Gasteiger partial charge is 0.319 e.